The van der Waals surface area contributed by atoms with Gasteiger partial charge in [0.1, 0.15) is 24.7 Å². The average molecular weight is 515 g/mol. The summed E-state index contributed by atoms with van der Waals surface area (Å²) in [6.45, 7) is 2.59. The highest BCUT2D eigenvalue weighted by atomic mass is 32.2. The summed E-state index contributed by atoms with van der Waals surface area (Å²) in [6.07, 6.45) is 0. The molecule has 5 aromatic rings. The molecule has 0 bridgehead atoms. The van der Waals surface area contributed by atoms with Crippen molar-refractivity contribution in [3.8, 4) is 17.4 Å². The molecule has 1 aromatic heterocycles. The molecule has 0 aliphatic carbocycles. The van der Waals surface area contributed by atoms with Crippen molar-refractivity contribution in [1.82, 2.24) is 9.19 Å². The third-order valence-corrected chi connectivity index (χ3v) is 7.52. The number of benzene rings is 4. The maximum atomic E-state index is 13.4. The summed E-state index contributed by atoms with van der Waals surface area (Å²) in [4.78, 5) is 0.149. The first-order valence-electron chi connectivity index (χ1n) is 11.7. The monoisotopic (exact) mass is 514 g/mol. The number of hydrogen-bond acceptors (Lipinski definition) is 6. The van der Waals surface area contributed by atoms with Crippen LogP contribution in [0.5, 0.6) is 17.4 Å². The van der Waals surface area contributed by atoms with Gasteiger partial charge in [-0.15, -0.1) is 9.19 Å². The predicted octanol–water partition coefficient (Wildman–Crippen LogP) is 5.75. The Morgan fingerprint density at radius 3 is 2.11 bits per heavy atom. The Labute approximate surface area is 215 Å². The van der Waals surface area contributed by atoms with Crippen LogP contribution in [-0.2, 0) is 23.2 Å². The molecule has 5 rings (SSSR count). The molecule has 0 aliphatic heterocycles. The lowest BCUT2D eigenvalue weighted by atomic mass is 10.2. The molecular formula is C29H26N2O5S. The molecule has 0 saturated carbocycles. The zero-order valence-corrected chi connectivity index (χ0v) is 21.3. The highest BCUT2D eigenvalue weighted by Gasteiger charge is 2.24. The molecule has 0 amide bonds. The van der Waals surface area contributed by atoms with Gasteiger partial charge in [-0.2, -0.15) is 8.42 Å². The summed E-state index contributed by atoms with van der Waals surface area (Å²) in [6, 6.07) is 29.3. The molecule has 0 unspecified atom stereocenters. The Kier molecular flexibility index (Phi) is 6.83. The average Bonchev–Trinajstić information content (AvgIpc) is 3.31. The molecule has 7 nitrogen and oxygen atoms in total. The summed E-state index contributed by atoms with van der Waals surface area (Å²) in [5.74, 6) is 1.52. The lowest BCUT2D eigenvalue weighted by molar-refractivity contribution is 0.293. The molecule has 0 radical (unpaired) electrons. The standard InChI is InChI=1S/C29H26N2O5S/c1-21-8-15-26(16-9-21)37(32,33)31-28-17-14-25(34-2)18-27(28)29(30-31)36-20-23-10-12-24(13-11-23)35-19-22-6-4-3-5-7-22/h3-18H,19-20H2,1-2H3. The smallest absolute Gasteiger partial charge is 0.283 e. The Hall–Kier alpha value is -4.30. The van der Waals surface area contributed by atoms with E-state index in [0.717, 1.165) is 26.5 Å². The van der Waals surface area contributed by atoms with Gasteiger partial charge in [0, 0.05) is 0 Å². The zero-order valence-electron chi connectivity index (χ0n) is 20.5. The minimum Gasteiger partial charge on any atom is -0.497 e. The van der Waals surface area contributed by atoms with Crippen LogP contribution < -0.4 is 14.2 Å². The number of hydrogen-bond donors (Lipinski definition) is 0. The van der Waals surface area contributed by atoms with Crippen LogP contribution in [-0.4, -0.2) is 24.7 Å². The quantitative estimate of drug-likeness (QED) is 0.249. The summed E-state index contributed by atoms with van der Waals surface area (Å²) in [5, 5.41) is 4.90. The van der Waals surface area contributed by atoms with Crippen LogP contribution in [0.1, 0.15) is 16.7 Å². The van der Waals surface area contributed by atoms with Crippen molar-refractivity contribution in [3.63, 3.8) is 0 Å². The molecule has 0 fully saturated rings. The van der Waals surface area contributed by atoms with E-state index in [0.29, 0.717) is 23.3 Å². The third kappa shape index (κ3) is 5.29. The highest BCUT2D eigenvalue weighted by Crippen LogP contribution is 2.32. The van der Waals surface area contributed by atoms with Gasteiger partial charge in [-0.05, 0) is 60.5 Å². The van der Waals surface area contributed by atoms with Crippen molar-refractivity contribution in [2.24, 2.45) is 0 Å². The maximum absolute atomic E-state index is 13.4. The zero-order chi connectivity index (χ0) is 25.8. The van der Waals surface area contributed by atoms with E-state index in [1.54, 1.807) is 49.6 Å². The van der Waals surface area contributed by atoms with Crippen molar-refractivity contribution >= 4 is 20.9 Å². The van der Waals surface area contributed by atoms with Gasteiger partial charge in [0.05, 0.1) is 22.9 Å². The number of rotatable bonds is 9. The largest absolute Gasteiger partial charge is 0.497 e. The maximum Gasteiger partial charge on any atom is 0.283 e. The molecule has 8 heteroatoms. The van der Waals surface area contributed by atoms with Gasteiger partial charge in [0.25, 0.3) is 10.0 Å². The fourth-order valence-electron chi connectivity index (χ4n) is 3.84. The molecule has 1 heterocycles. The number of methoxy groups -OCH3 is 1. The Balaban J connectivity index is 1.38. The Bertz CT molecular complexity index is 1610. The van der Waals surface area contributed by atoms with E-state index in [1.807, 2.05) is 61.5 Å². The lowest BCUT2D eigenvalue weighted by Gasteiger charge is -2.08. The molecule has 0 atom stereocenters. The van der Waals surface area contributed by atoms with Gasteiger partial charge >= 0.3 is 0 Å². The van der Waals surface area contributed by atoms with Crippen LogP contribution in [0.25, 0.3) is 10.9 Å². The van der Waals surface area contributed by atoms with Gasteiger partial charge in [-0.3, -0.25) is 0 Å². The highest BCUT2D eigenvalue weighted by molar-refractivity contribution is 7.90. The molecule has 0 saturated heterocycles. The second kappa shape index (κ2) is 10.4. The van der Waals surface area contributed by atoms with Crippen LogP contribution in [0.3, 0.4) is 0 Å². The summed E-state index contributed by atoms with van der Waals surface area (Å²) >= 11 is 0. The Morgan fingerprint density at radius 2 is 1.41 bits per heavy atom. The van der Waals surface area contributed by atoms with E-state index in [1.165, 1.54) is 0 Å². The third-order valence-electron chi connectivity index (χ3n) is 5.92. The van der Waals surface area contributed by atoms with Gasteiger partial charge in [0.15, 0.2) is 0 Å². The van der Waals surface area contributed by atoms with Crippen molar-refractivity contribution < 1.29 is 22.6 Å². The minimum absolute atomic E-state index is 0.149. The van der Waals surface area contributed by atoms with Crippen LogP contribution in [0.4, 0.5) is 0 Å². The molecule has 37 heavy (non-hydrogen) atoms. The van der Waals surface area contributed by atoms with Crippen LogP contribution in [0.15, 0.2) is 102 Å². The van der Waals surface area contributed by atoms with Crippen molar-refractivity contribution in [3.05, 3.63) is 114 Å². The van der Waals surface area contributed by atoms with Gasteiger partial charge in [-0.1, -0.05) is 60.2 Å². The van der Waals surface area contributed by atoms with Crippen molar-refractivity contribution in [2.45, 2.75) is 25.0 Å². The van der Waals surface area contributed by atoms with Gasteiger partial charge < -0.3 is 14.2 Å². The van der Waals surface area contributed by atoms with Crippen molar-refractivity contribution in [2.75, 3.05) is 7.11 Å². The minimum atomic E-state index is -3.93. The topological polar surface area (TPSA) is 79.7 Å². The first kappa shape index (κ1) is 24.4. The number of fused-ring (bicyclic) bond motifs is 1. The Morgan fingerprint density at radius 1 is 0.757 bits per heavy atom. The number of aromatic nitrogens is 2. The molecular weight excluding hydrogens is 488 g/mol. The van der Waals surface area contributed by atoms with E-state index in [-0.39, 0.29) is 17.4 Å². The molecule has 0 spiro atoms. The predicted molar refractivity (Wildman–Crippen MR) is 142 cm³/mol. The van der Waals surface area contributed by atoms with E-state index < -0.39 is 10.0 Å². The lowest BCUT2D eigenvalue weighted by Crippen LogP contribution is -2.14. The molecule has 4 aromatic carbocycles. The van der Waals surface area contributed by atoms with E-state index >= 15 is 0 Å². The summed E-state index contributed by atoms with van der Waals surface area (Å²) in [5.41, 5.74) is 3.35. The van der Waals surface area contributed by atoms with Gasteiger partial charge in [-0.25, -0.2) is 0 Å². The molecule has 0 N–H and O–H groups in total. The number of ether oxygens (including phenoxy) is 3. The second-order valence-electron chi connectivity index (χ2n) is 8.56. The first-order chi connectivity index (χ1) is 17.9. The fourth-order valence-corrected chi connectivity index (χ4v) is 5.12. The summed E-state index contributed by atoms with van der Waals surface area (Å²) < 4.78 is 45.0. The van der Waals surface area contributed by atoms with Gasteiger partial charge in [0.2, 0.25) is 5.88 Å². The number of aryl methyl sites for hydroxylation is 1. The molecule has 0 aliphatic rings. The van der Waals surface area contributed by atoms with E-state index in [4.69, 9.17) is 14.2 Å². The van der Waals surface area contributed by atoms with E-state index in [9.17, 15) is 8.42 Å². The van der Waals surface area contributed by atoms with Crippen LogP contribution in [0.2, 0.25) is 0 Å². The SMILES string of the molecule is COc1ccc2c(c1)c(OCc1ccc(OCc3ccccc3)cc1)nn2S(=O)(=O)c1ccc(C)cc1. The summed E-state index contributed by atoms with van der Waals surface area (Å²) in [7, 11) is -2.38. The fraction of sp³-hybridized carbons (Fsp3) is 0.138. The van der Waals surface area contributed by atoms with E-state index in [2.05, 4.69) is 5.10 Å². The van der Waals surface area contributed by atoms with Crippen LogP contribution >= 0.6 is 0 Å². The first-order valence-corrected chi connectivity index (χ1v) is 13.2. The number of nitrogens with zero attached hydrogens (tertiary/aromatic N) is 2. The molecule has 188 valence electrons. The normalized spacial score (nSPS) is 11.4. The van der Waals surface area contributed by atoms with Crippen molar-refractivity contribution in [1.29, 1.82) is 0 Å². The van der Waals surface area contributed by atoms with Crippen LogP contribution in [0, 0.1) is 6.92 Å². The second-order valence-corrected chi connectivity index (χ2v) is 10.3.